The molecular weight excluding hydrogens is 224 g/mol. The number of nitrogens with one attached hydrogen (secondary N) is 1. The molecule has 1 N–H and O–H groups in total. The van der Waals surface area contributed by atoms with Crippen LogP contribution in [0.4, 0.5) is 0 Å². The molecule has 0 fully saturated rings. The van der Waals surface area contributed by atoms with E-state index >= 15 is 0 Å². The minimum atomic E-state index is 0.381. The third-order valence-electron chi connectivity index (χ3n) is 3.30. The number of methoxy groups -OCH3 is 1. The highest BCUT2D eigenvalue weighted by Crippen LogP contribution is 2.33. The molecule has 0 aromatic heterocycles. The first-order valence-electron chi connectivity index (χ1n) is 6.47. The summed E-state index contributed by atoms with van der Waals surface area (Å²) in [7, 11) is 7.99. The van der Waals surface area contributed by atoms with Crippen LogP contribution in [0.15, 0.2) is 12.1 Å². The van der Waals surface area contributed by atoms with E-state index in [1.807, 2.05) is 7.05 Å². The van der Waals surface area contributed by atoms with Crippen molar-refractivity contribution >= 4 is 0 Å². The van der Waals surface area contributed by atoms with Crippen molar-refractivity contribution in [2.24, 2.45) is 0 Å². The summed E-state index contributed by atoms with van der Waals surface area (Å²) in [6.45, 7) is 5.25. The Balaban J connectivity index is 3.17. The number of hydrogen-bond donors (Lipinski definition) is 1. The van der Waals surface area contributed by atoms with Gasteiger partial charge in [-0.15, -0.1) is 0 Å². The highest BCUT2D eigenvalue weighted by Gasteiger charge is 2.19. The standard InChI is InChI=1S/C15H26N2O/c1-11-9-12(2)15(18-6)13(10-11)14(17(4)5)7-8-16-3/h9-10,14,16H,7-8H2,1-6H3. The van der Waals surface area contributed by atoms with Crippen molar-refractivity contribution in [3.63, 3.8) is 0 Å². The number of aryl methyl sites for hydroxylation is 2. The molecule has 3 heteroatoms. The Morgan fingerprint density at radius 1 is 1.28 bits per heavy atom. The zero-order valence-corrected chi connectivity index (χ0v) is 12.5. The van der Waals surface area contributed by atoms with Crippen LogP contribution in [0, 0.1) is 13.8 Å². The molecule has 1 unspecified atom stereocenters. The molecule has 0 saturated heterocycles. The molecule has 0 heterocycles. The summed E-state index contributed by atoms with van der Waals surface area (Å²) in [4.78, 5) is 2.26. The first-order valence-corrected chi connectivity index (χ1v) is 6.47. The number of hydrogen-bond acceptors (Lipinski definition) is 3. The molecule has 1 aromatic carbocycles. The zero-order chi connectivity index (χ0) is 13.7. The van der Waals surface area contributed by atoms with Crippen LogP contribution in [0.3, 0.4) is 0 Å². The third kappa shape index (κ3) is 3.47. The molecule has 0 spiro atoms. The smallest absolute Gasteiger partial charge is 0.126 e. The topological polar surface area (TPSA) is 24.5 Å². The molecule has 102 valence electrons. The quantitative estimate of drug-likeness (QED) is 0.839. The first kappa shape index (κ1) is 15.0. The maximum absolute atomic E-state index is 5.60. The van der Waals surface area contributed by atoms with Crippen molar-refractivity contribution in [3.05, 3.63) is 28.8 Å². The minimum Gasteiger partial charge on any atom is -0.496 e. The number of benzene rings is 1. The van der Waals surface area contributed by atoms with E-state index in [0.29, 0.717) is 6.04 Å². The van der Waals surface area contributed by atoms with Gasteiger partial charge in [-0.3, -0.25) is 0 Å². The van der Waals surface area contributed by atoms with Crippen LogP contribution >= 0.6 is 0 Å². The van der Waals surface area contributed by atoms with Crippen molar-refractivity contribution in [1.29, 1.82) is 0 Å². The van der Waals surface area contributed by atoms with Gasteiger partial charge in [0.2, 0.25) is 0 Å². The Morgan fingerprint density at radius 2 is 1.94 bits per heavy atom. The van der Waals surface area contributed by atoms with Gasteiger partial charge in [-0.1, -0.05) is 17.7 Å². The van der Waals surface area contributed by atoms with Gasteiger partial charge in [0.1, 0.15) is 5.75 Å². The molecule has 1 rings (SSSR count). The lowest BCUT2D eigenvalue weighted by Gasteiger charge is -2.27. The van der Waals surface area contributed by atoms with Gasteiger partial charge in [0.25, 0.3) is 0 Å². The SMILES string of the molecule is CNCCC(c1cc(C)cc(C)c1OC)N(C)C. The fraction of sp³-hybridized carbons (Fsp3) is 0.600. The lowest BCUT2D eigenvalue weighted by molar-refractivity contribution is 0.273. The Morgan fingerprint density at radius 3 is 2.44 bits per heavy atom. The summed E-state index contributed by atoms with van der Waals surface area (Å²) in [6, 6.07) is 4.80. The van der Waals surface area contributed by atoms with Gasteiger partial charge >= 0.3 is 0 Å². The highest BCUT2D eigenvalue weighted by atomic mass is 16.5. The van der Waals surface area contributed by atoms with E-state index in [-0.39, 0.29) is 0 Å². The van der Waals surface area contributed by atoms with Crippen molar-refractivity contribution in [2.45, 2.75) is 26.3 Å². The maximum Gasteiger partial charge on any atom is 0.126 e. The monoisotopic (exact) mass is 250 g/mol. The Hall–Kier alpha value is -1.06. The van der Waals surface area contributed by atoms with Gasteiger partial charge in [-0.25, -0.2) is 0 Å². The fourth-order valence-electron chi connectivity index (χ4n) is 2.49. The van der Waals surface area contributed by atoms with Crippen LogP contribution in [0.2, 0.25) is 0 Å². The summed E-state index contributed by atoms with van der Waals surface area (Å²) in [5.41, 5.74) is 3.79. The average molecular weight is 250 g/mol. The van der Waals surface area contributed by atoms with Gasteiger partial charge in [-0.2, -0.15) is 0 Å². The van der Waals surface area contributed by atoms with Gasteiger partial charge in [0, 0.05) is 11.6 Å². The first-order chi connectivity index (χ1) is 8.51. The molecular formula is C15H26N2O. The molecule has 0 amide bonds. The largest absolute Gasteiger partial charge is 0.496 e. The summed E-state index contributed by atoms with van der Waals surface area (Å²) in [5.74, 6) is 1.02. The summed E-state index contributed by atoms with van der Waals surface area (Å²) < 4.78 is 5.60. The maximum atomic E-state index is 5.60. The Kier molecular flexibility index (Phi) is 5.63. The minimum absolute atomic E-state index is 0.381. The molecule has 0 aliphatic carbocycles. The summed E-state index contributed by atoms with van der Waals surface area (Å²) in [6.07, 6.45) is 1.07. The predicted molar refractivity (Wildman–Crippen MR) is 77.4 cm³/mol. The fourth-order valence-corrected chi connectivity index (χ4v) is 2.49. The molecule has 0 bridgehead atoms. The summed E-state index contributed by atoms with van der Waals surface area (Å²) >= 11 is 0. The summed E-state index contributed by atoms with van der Waals surface area (Å²) in [5, 5.41) is 3.22. The van der Waals surface area contributed by atoms with Gasteiger partial charge in [-0.05, 0) is 53.5 Å². The van der Waals surface area contributed by atoms with Crippen molar-refractivity contribution < 1.29 is 4.74 Å². The van der Waals surface area contributed by atoms with Crippen LogP contribution in [0.1, 0.15) is 29.2 Å². The van der Waals surface area contributed by atoms with E-state index in [9.17, 15) is 0 Å². The van der Waals surface area contributed by atoms with E-state index in [1.54, 1.807) is 7.11 Å². The normalized spacial score (nSPS) is 12.8. The lowest BCUT2D eigenvalue weighted by Crippen LogP contribution is -2.24. The van der Waals surface area contributed by atoms with Crippen LogP contribution in [0.5, 0.6) is 5.75 Å². The molecule has 0 aliphatic rings. The molecule has 1 aromatic rings. The van der Waals surface area contributed by atoms with E-state index in [1.165, 1.54) is 16.7 Å². The average Bonchev–Trinajstić information content (AvgIpc) is 2.28. The van der Waals surface area contributed by atoms with E-state index in [4.69, 9.17) is 4.74 Å². The second-order valence-corrected chi connectivity index (χ2v) is 5.08. The van der Waals surface area contributed by atoms with Gasteiger partial charge in [0.05, 0.1) is 7.11 Å². The molecule has 0 saturated carbocycles. The molecule has 0 aliphatic heterocycles. The van der Waals surface area contributed by atoms with Gasteiger partial charge < -0.3 is 15.0 Å². The molecule has 3 nitrogen and oxygen atoms in total. The van der Waals surface area contributed by atoms with E-state index in [2.05, 4.69) is 50.3 Å². The van der Waals surface area contributed by atoms with Crippen molar-refractivity contribution in [1.82, 2.24) is 10.2 Å². The van der Waals surface area contributed by atoms with Crippen LogP contribution in [-0.4, -0.2) is 39.7 Å². The van der Waals surface area contributed by atoms with Gasteiger partial charge in [0.15, 0.2) is 0 Å². The Labute approximate surface area is 111 Å². The third-order valence-corrected chi connectivity index (χ3v) is 3.30. The molecule has 18 heavy (non-hydrogen) atoms. The predicted octanol–water partition coefficient (Wildman–Crippen LogP) is 2.52. The highest BCUT2D eigenvalue weighted by molar-refractivity contribution is 5.45. The lowest BCUT2D eigenvalue weighted by atomic mass is 9.96. The number of ether oxygens (including phenoxy) is 1. The van der Waals surface area contributed by atoms with Crippen LogP contribution < -0.4 is 10.1 Å². The van der Waals surface area contributed by atoms with Crippen LogP contribution in [0.25, 0.3) is 0 Å². The second kappa shape index (κ2) is 6.76. The van der Waals surface area contributed by atoms with E-state index in [0.717, 1.165) is 18.7 Å². The van der Waals surface area contributed by atoms with Crippen molar-refractivity contribution in [3.8, 4) is 5.75 Å². The molecule has 1 atom stereocenters. The Bertz CT molecular complexity index is 388. The van der Waals surface area contributed by atoms with E-state index < -0.39 is 0 Å². The zero-order valence-electron chi connectivity index (χ0n) is 12.5. The number of rotatable bonds is 6. The van der Waals surface area contributed by atoms with Crippen LogP contribution in [-0.2, 0) is 0 Å². The second-order valence-electron chi connectivity index (χ2n) is 5.08. The van der Waals surface area contributed by atoms with Crippen molar-refractivity contribution in [2.75, 3.05) is 34.8 Å². The number of nitrogens with zero attached hydrogens (tertiary/aromatic N) is 1. The molecule has 0 radical (unpaired) electrons.